The molecule has 0 radical (unpaired) electrons. The lowest BCUT2D eigenvalue weighted by molar-refractivity contribution is -0.116. The number of pyridine rings is 1. The van der Waals surface area contributed by atoms with E-state index in [1.807, 2.05) is 79.9 Å². The van der Waals surface area contributed by atoms with E-state index in [1.165, 1.54) is 0 Å². The number of benzene rings is 2. The summed E-state index contributed by atoms with van der Waals surface area (Å²) in [5.74, 6) is -0.0623. The molecule has 8 heteroatoms. The van der Waals surface area contributed by atoms with Crippen LogP contribution in [0.25, 0.3) is 5.69 Å². The van der Waals surface area contributed by atoms with Crippen LogP contribution in [0.15, 0.2) is 91.3 Å². The molecule has 1 aliphatic rings. The van der Waals surface area contributed by atoms with Crippen molar-refractivity contribution in [1.82, 2.24) is 19.8 Å². The second kappa shape index (κ2) is 10.5. The van der Waals surface area contributed by atoms with Crippen LogP contribution in [0.2, 0.25) is 5.02 Å². The standard InChI is InChI=1S/C28H26ClN5OS/c1-19-18-21(12-13-22(19)29)33-16-7-11-24(33)27-26(23-10-5-6-15-30-23)32-28(36)34(27)17-14-25(35)31-20-8-3-2-4-9-20/h2-13,15-16,18,26-27H,14,17H2,1H3,(H,31,35)(H,32,36)/t26-,27-/m0/s1. The number of carbonyl (C=O) groups is 1. The third-order valence-electron chi connectivity index (χ3n) is 6.34. The summed E-state index contributed by atoms with van der Waals surface area (Å²) < 4.78 is 2.15. The molecule has 4 aromatic rings. The summed E-state index contributed by atoms with van der Waals surface area (Å²) in [6.45, 7) is 2.46. The molecule has 1 saturated heterocycles. The van der Waals surface area contributed by atoms with Crippen molar-refractivity contribution >= 4 is 40.5 Å². The molecule has 182 valence electrons. The molecule has 0 unspecified atom stereocenters. The number of amides is 1. The average molecular weight is 516 g/mol. The van der Waals surface area contributed by atoms with Crippen molar-refractivity contribution in [3.63, 3.8) is 0 Å². The number of aryl methyl sites for hydroxylation is 1. The van der Waals surface area contributed by atoms with Crippen molar-refractivity contribution in [3.8, 4) is 5.69 Å². The Morgan fingerprint density at radius 3 is 2.64 bits per heavy atom. The molecule has 0 bridgehead atoms. The summed E-state index contributed by atoms with van der Waals surface area (Å²) in [5.41, 5.74) is 4.73. The van der Waals surface area contributed by atoms with Crippen LogP contribution < -0.4 is 10.6 Å². The van der Waals surface area contributed by atoms with Crippen LogP contribution in [0.4, 0.5) is 5.69 Å². The van der Waals surface area contributed by atoms with Gasteiger partial charge in [-0.25, -0.2) is 0 Å². The molecule has 3 heterocycles. The van der Waals surface area contributed by atoms with E-state index in [1.54, 1.807) is 6.20 Å². The Balaban J connectivity index is 1.46. The molecule has 0 spiro atoms. The zero-order valence-electron chi connectivity index (χ0n) is 19.8. The van der Waals surface area contributed by atoms with Crippen molar-refractivity contribution in [2.24, 2.45) is 0 Å². The minimum absolute atomic E-state index is 0.0623. The van der Waals surface area contributed by atoms with Crippen LogP contribution in [-0.2, 0) is 4.79 Å². The molecule has 2 aromatic carbocycles. The fourth-order valence-corrected chi connectivity index (χ4v) is 5.03. The fourth-order valence-electron chi connectivity index (χ4n) is 4.58. The zero-order chi connectivity index (χ0) is 25.1. The van der Waals surface area contributed by atoms with E-state index in [4.69, 9.17) is 23.8 Å². The van der Waals surface area contributed by atoms with Gasteiger partial charge < -0.3 is 20.1 Å². The first-order valence-corrected chi connectivity index (χ1v) is 12.6. The summed E-state index contributed by atoms with van der Waals surface area (Å²) in [6.07, 6.45) is 4.12. The number of carbonyl (C=O) groups excluding carboxylic acids is 1. The lowest BCUT2D eigenvalue weighted by atomic mass is 10.0. The molecule has 2 aromatic heterocycles. The summed E-state index contributed by atoms with van der Waals surface area (Å²) in [7, 11) is 0. The number of nitrogens with one attached hydrogen (secondary N) is 2. The Morgan fingerprint density at radius 1 is 1.08 bits per heavy atom. The van der Waals surface area contributed by atoms with E-state index in [0.717, 1.165) is 33.3 Å². The first kappa shape index (κ1) is 24.0. The van der Waals surface area contributed by atoms with Crippen LogP contribution in [0.1, 0.15) is 35.5 Å². The van der Waals surface area contributed by atoms with Gasteiger partial charge in [0.05, 0.1) is 17.8 Å². The number of thiocarbonyl (C=S) groups is 1. The van der Waals surface area contributed by atoms with Gasteiger partial charge in [0, 0.05) is 47.5 Å². The van der Waals surface area contributed by atoms with Crippen LogP contribution in [-0.4, -0.2) is 32.0 Å². The monoisotopic (exact) mass is 515 g/mol. The Morgan fingerprint density at radius 2 is 1.89 bits per heavy atom. The highest BCUT2D eigenvalue weighted by Gasteiger charge is 2.41. The molecule has 1 fully saturated rings. The molecule has 6 nitrogen and oxygen atoms in total. The maximum atomic E-state index is 12.7. The predicted octanol–water partition coefficient (Wildman–Crippen LogP) is 5.84. The van der Waals surface area contributed by atoms with Crippen molar-refractivity contribution in [1.29, 1.82) is 0 Å². The van der Waals surface area contributed by atoms with E-state index < -0.39 is 0 Å². The number of hydrogen-bond donors (Lipinski definition) is 2. The molecular formula is C28H26ClN5OS. The zero-order valence-corrected chi connectivity index (χ0v) is 21.3. The van der Waals surface area contributed by atoms with Gasteiger partial charge in [-0.1, -0.05) is 35.9 Å². The number of nitrogens with zero attached hydrogens (tertiary/aromatic N) is 3. The number of para-hydroxylation sites is 1. The first-order valence-electron chi connectivity index (χ1n) is 11.8. The van der Waals surface area contributed by atoms with Gasteiger partial charge in [0.2, 0.25) is 5.91 Å². The molecular weight excluding hydrogens is 490 g/mol. The van der Waals surface area contributed by atoms with Gasteiger partial charge in [0.25, 0.3) is 0 Å². The predicted molar refractivity (Wildman–Crippen MR) is 147 cm³/mol. The minimum atomic E-state index is -0.169. The number of anilines is 1. The minimum Gasteiger partial charge on any atom is -0.352 e. The fraction of sp³-hybridized carbons (Fsp3) is 0.179. The number of aromatic nitrogens is 2. The van der Waals surface area contributed by atoms with E-state index >= 15 is 0 Å². The highest BCUT2D eigenvalue weighted by molar-refractivity contribution is 7.80. The Labute approximate surface area is 220 Å². The average Bonchev–Trinajstić information content (AvgIpc) is 3.50. The van der Waals surface area contributed by atoms with Gasteiger partial charge in [0.1, 0.15) is 0 Å². The summed E-state index contributed by atoms with van der Waals surface area (Å²) >= 11 is 12.1. The van der Waals surface area contributed by atoms with Crippen molar-refractivity contribution in [2.45, 2.75) is 25.4 Å². The molecule has 0 aliphatic carbocycles. The summed E-state index contributed by atoms with van der Waals surface area (Å²) in [6, 6.07) is 25.1. The van der Waals surface area contributed by atoms with Crippen LogP contribution in [0, 0.1) is 6.92 Å². The summed E-state index contributed by atoms with van der Waals surface area (Å²) in [5, 5.41) is 7.75. The Hall–Kier alpha value is -3.68. The van der Waals surface area contributed by atoms with Gasteiger partial charge in [-0.3, -0.25) is 9.78 Å². The van der Waals surface area contributed by atoms with E-state index in [9.17, 15) is 4.79 Å². The third-order valence-corrected chi connectivity index (χ3v) is 7.11. The normalized spacial score (nSPS) is 17.2. The van der Waals surface area contributed by atoms with Gasteiger partial charge in [-0.15, -0.1) is 0 Å². The Kier molecular flexibility index (Phi) is 7.02. The first-order chi connectivity index (χ1) is 17.5. The van der Waals surface area contributed by atoms with Crippen LogP contribution in [0.3, 0.4) is 0 Å². The topological polar surface area (TPSA) is 62.2 Å². The van der Waals surface area contributed by atoms with E-state index in [-0.39, 0.29) is 18.0 Å². The van der Waals surface area contributed by atoms with Gasteiger partial charge in [0.15, 0.2) is 5.11 Å². The van der Waals surface area contributed by atoms with Gasteiger partial charge >= 0.3 is 0 Å². The lowest BCUT2D eigenvalue weighted by Crippen LogP contribution is -2.33. The molecule has 2 N–H and O–H groups in total. The smallest absolute Gasteiger partial charge is 0.226 e. The molecule has 1 aliphatic heterocycles. The number of rotatable bonds is 7. The quantitative estimate of drug-likeness (QED) is 0.303. The summed E-state index contributed by atoms with van der Waals surface area (Å²) in [4.78, 5) is 19.5. The highest BCUT2D eigenvalue weighted by atomic mass is 35.5. The SMILES string of the molecule is Cc1cc(-n2cccc2[C@H]2[C@H](c3ccccn3)NC(=S)N2CCC(=O)Nc2ccccc2)ccc1Cl. The molecule has 1 amide bonds. The highest BCUT2D eigenvalue weighted by Crippen LogP contribution is 2.39. The maximum Gasteiger partial charge on any atom is 0.226 e. The molecule has 0 saturated carbocycles. The molecule has 5 rings (SSSR count). The second-order valence-electron chi connectivity index (χ2n) is 8.72. The lowest BCUT2D eigenvalue weighted by Gasteiger charge is -2.29. The van der Waals surface area contributed by atoms with Crippen molar-refractivity contribution in [3.05, 3.63) is 113 Å². The maximum absolute atomic E-state index is 12.7. The molecule has 36 heavy (non-hydrogen) atoms. The van der Waals surface area contributed by atoms with Gasteiger partial charge in [-0.05, 0) is 79.3 Å². The second-order valence-corrected chi connectivity index (χ2v) is 9.51. The van der Waals surface area contributed by atoms with Crippen molar-refractivity contribution < 1.29 is 4.79 Å². The third kappa shape index (κ3) is 4.98. The van der Waals surface area contributed by atoms with Crippen LogP contribution >= 0.6 is 23.8 Å². The van der Waals surface area contributed by atoms with Crippen molar-refractivity contribution in [2.75, 3.05) is 11.9 Å². The number of halogens is 1. The van der Waals surface area contributed by atoms with E-state index in [2.05, 4.69) is 37.2 Å². The van der Waals surface area contributed by atoms with Gasteiger partial charge in [-0.2, -0.15) is 0 Å². The van der Waals surface area contributed by atoms with E-state index in [0.29, 0.717) is 18.1 Å². The number of hydrogen-bond acceptors (Lipinski definition) is 3. The molecule has 2 atom stereocenters. The Bertz CT molecular complexity index is 1380. The van der Waals surface area contributed by atoms with Crippen LogP contribution in [0.5, 0.6) is 0 Å². The largest absolute Gasteiger partial charge is 0.352 e.